The second-order valence-corrected chi connectivity index (χ2v) is 36.4. The van der Waals surface area contributed by atoms with Gasteiger partial charge < -0.3 is 59.4 Å². The molecule has 0 aliphatic carbocycles. The van der Waals surface area contributed by atoms with Crippen LogP contribution in [0.4, 0.5) is 0 Å². The van der Waals surface area contributed by atoms with Crippen LogP contribution in [-0.4, -0.2) is 97.5 Å². The van der Waals surface area contributed by atoms with E-state index in [1.807, 2.05) is 0 Å². The van der Waals surface area contributed by atoms with Crippen molar-refractivity contribution in [2.75, 3.05) is 0 Å². The summed E-state index contributed by atoms with van der Waals surface area (Å²) in [5.74, 6) is -5.42. The Balaban J connectivity index is -0.000000212. The van der Waals surface area contributed by atoms with Crippen molar-refractivity contribution in [1.82, 2.24) is 0 Å². The number of aliphatic carboxylic acids is 6. The van der Waals surface area contributed by atoms with E-state index in [2.05, 4.69) is 41.5 Å². The van der Waals surface area contributed by atoms with Gasteiger partial charge in [0.1, 0.15) is 0 Å². The Labute approximate surface area is 808 Å². The molecule has 0 radical (unpaired) electrons. The number of hydrogen-bond donors (Lipinski definition) is 0. The monoisotopic (exact) mass is 1860 g/mol. The van der Waals surface area contributed by atoms with Gasteiger partial charge in [-0.3, -0.25) is 0 Å². The Morgan fingerprint density at radius 3 is 0.213 bits per heavy atom. The molecular formula is C108H210CaO12Sn. The molecule has 0 spiro atoms. The summed E-state index contributed by atoms with van der Waals surface area (Å²) in [6.45, 7) is 13.6. The van der Waals surface area contributed by atoms with Gasteiger partial charge >= 0.3 is 61.6 Å². The number of carbonyl (C=O) groups is 6. The Kier molecular flexibility index (Phi) is 149. The van der Waals surface area contributed by atoms with Crippen LogP contribution in [0.2, 0.25) is 0 Å². The fraction of sp³-hybridized carbons (Fsp3) is 0.944. The maximum atomic E-state index is 10.2. The van der Waals surface area contributed by atoms with Gasteiger partial charge in [-0.2, -0.15) is 0 Å². The van der Waals surface area contributed by atoms with Crippen LogP contribution in [-0.2, 0) is 28.8 Å². The van der Waals surface area contributed by atoms with Crippen LogP contribution in [0.3, 0.4) is 0 Å². The minimum Gasteiger partial charge on any atom is -0.550 e. The fourth-order valence-electron chi connectivity index (χ4n) is 15.8. The number of hydrogen-bond acceptors (Lipinski definition) is 12. The van der Waals surface area contributed by atoms with Gasteiger partial charge in [0.25, 0.3) is 0 Å². The molecule has 0 atom stereocenters. The first kappa shape index (κ1) is 136. The molecule has 12 nitrogen and oxygen atoms in total. The third-order valence-corrected chi connectivity index (χ3v) is 23.9. The molecule has 0 fully saturated rings. The Hall–Kier alpha value is -1.12. The van der Waals surface area contributed by atoms with Gasteiger partial charge in [-0.15, -0.1) is 0 Å². The number of rotatable bonds is 96. The second kappa shape index (κ2) is 133. The summed E-state index contributed by atoms with van der Waals surface area (Å²) in [4.78, 5) is 61.3. The summed E-state index contributed by atoms with van der Waals surface area (Å²) in [5.41, 5.74) is 0. The molecule has 0 saturated heterocycles. The SMILES string of the molecule is CCCCCCCCCCCCCCCCCC(=O)[O-].CCCCCCCCCCCCCCCCCC(=O)[O-].CCCCCCCCCCCCCCCCCC(=O)[O-].CCCCCCCCCCCCCCCCCC(=O)[O-].CCCCCCCCCCCCCCCCCC(=O)[O-].CCCCCCCCCCCCCCCCCC(=O)[O-].[Ca+2].[Sn+4]. The van der Waals surface area contributed by atoms with Crippen molar-refractivity contribution in [2.24, 2.45) is 0 Å². The second-order valence-electron chi connectivity index (χ2n) is 36.4. The van der Waals surface area contributed by atoms with Crippen molar-refractivity contribution in [2.45, 2.75) is 658 Å². The van der Waals surface area contributed by atoms with Crippen LogP contribution in [0.1, 0.15) is 658 Å². The average molecular weight is 1860 g/mol. The molecule has 0 aromatic rings. The zero-order valence-corrected chi connectivity index (χ0v) is 88.1. The molecule has 0 aliphatic heterocycles. The average Bonchev–Trinajstić information content (AvgIpc) is 1.20. The minimum absolute atomic E-state index is 0. The number of carbonyl (C=O) groups excluding carboxylic acids is 6. The molecule has 720 valence electrons. The first-order valence-electron chi connectivity index (χ1n) is 53.8. The van der Waals surface area contributed by atoms with Gasteiger partial charge in [0, 0.05) is 35.8 Å². The molecule has 0 N–H and O–H groups in total. The largest absolute Gasteiger partial charge is 4.00 e. The predicted octanol–water partition coefficient (Wildman–Crippen LogP) is 29.2. The molecule has 122 heavy (non-hydrogen) atoms. The van der Waals surface area contributed by atoms with E-state index in [1.165, 1.54) is 501 Å². The zero-order chi connectivity index (χ0) is 89.3. The van der Waals surface area contributed by atoms with Crippen LogP contribution in [0.5, 0.6) is 0 Å². The summed E-state index contributed by atoms with van der Waals surface area (Å²) in [6, 6.07) is 0. The smallest absolute Gasteiger partial charge is 0.550 e. The summed E-state index contributed by atoms with van der Waals surface area (Å²) in [5, 5.41) is 61.3. The van der Waals surface area contributed by atoms with Crippen molar-refractivity contribution in [3.8, 4) is 0 Å². The first-order chi connectivity index (χ1) is 58.6. The van der Waals surface area contributed by atoms with E-state index in [0.717, 1.165) is 77.0 Å². The zero-order valence-electron chi connectivity index (χ0n) is 83.0. The van der Waals surface area contributed by atoms with Crippen LogP contribution in [0.25, 0.3) is 0 Å². The molecular weight excluding hydrogens is 1650 g/mol. The maximum Gasteiger partial charge on any atom is 4.00 e. The van der Waals surface area contributed by atoms with Crippen molar-refractivity contribution in [3.05, 3.63) is 0 Å². The molecule has 0 rings (SSSR count). The molecule has 0 saturated carbocycles. The van der Waals surface area contributed by atoms with Crippen molar-refractivity contribution in [1.29, 1.82) is 0 Å². The minimum atomic E-state index is -0.903. The Morgan fingerprint density at radius 2 is 0.164 bits per heavy atom. The first-order valence-corrected chi connectivity index (χ1v) is 53.8. The molecule has 0 aromatic carbocycles. The van der Waals surface area contributed by atoms with Crippen LogP contribution in [0.15, 0.2) is 0 Å². The third kappa shape index (κ3) is 162. The van der Waals surface area contributed by atoms with E-state index >= 15 is 0 Å². The van der Waals surface area contributed by atoms with Gasteiger partial charge in [-0.1, -0.05) is 581 Å². The van der Waals surface area contributed by atoms with Crippen molar-refractivity contribution in [3.63, 3.8) is 0 Å². The van der Waals surface area contributed by atoms with Gasteiger partial charge in [0.15, 0.2) is 0 Å². The maximum absolute atomic E-state index is 10.2. The molecule has 0 unspecified atom stereocenters. The van der Waals surface area contributed by atoms with Crippen LogP contribution >= 0.6 is 0 Å². The topological polar surface area (TPSA) is 241 Å². The molecule has 0 heterocycles. The van der Waals surface area contributed by atoms with Crippen molar-refractivity contribution >= 4 is 97.5 Å². The van der Waals surface area contributed by atoms with E-state index in [1.54, 1.807) is 0 Å². The van der Waals surface area contributed by atoms with Crippen LogP contribution < -0.4 is 30.6 Å². The van der Waals surface area contributed by atoms with E-state index < -0.39 is 35.8 Å². The Morgan fingerprint density at radius 1 is 0.115 bits per heavy atom. The third-order valence-electron chi connectivity index (χ3n) is 23.9. The van der Waals surface area contributed by atoms with Gasteiger partial charge in [0.05, 0.1) is 0 Å². The molecule has 0 aliphatic rings. The normalized spacial score (nSPS) is 10.7. The molecule has 0 aromatic heterocycles. The number of carboxylic acids is 6. The fourth-order valence-corrected chi connectivity index (χ4v) is 15.8. The van der Waals surface area contributed by atoms with Gasteiger partial charge in [0.2, 0.25) is 0 Å². The summed E-state index contributed by atoms with van der Waals surface area (Å²) < 4.78 is 0. The van der Waals surface area contributed by atoms with Crippen LogP contribution in [0, 0.1) is 0 Å². The van der Waals surface area contributed by atoms with E-state index in [-0.39, 0.29) is 100 Å². The van der Waals surface area contributed by atoms with E-state index in [4.69, 9.17) is 0 Å². The summed E-state index contributed by atoms with van der Waals surface area (Å²) in [6.07, 6.45) is 119. The number of unbranched alkanes of at least 4 members (excludes halogenated alkanes) is 84. The molecule has 0 bridgehead atoms. The predicted molar refractivity (Wildman–Crippen MR) is 519 cm³/mol. The standard InChI is InChI=1S/6C18H36O2.Ca.Sn/c6*1-2-3-4-5-6-7-8-9-10-11-12-13-14-15-16-17-18(19)20;;/h6*2-17H2,1H3,(H,19,20);;/q;;;;;;+2;+4/p-6. The summed E-state index contributed by atoms with van der Waals surface area (Å²) >= 11 is 0. The van der Waals surface area contributed by atoms with Gasteiger partial charge in [-0.05, 0) is 77.0 Å². The quantitative estimate of drug-likeness (QED) is 0.0408. The Bertz CT molecular complexity index is 1570. The molecule has 14 heteroatoms. The summed E-state index contributed by atoms with van der Waals surface area (Å²) in [7, 11) is 0. The number of carboxylic acid groups (broad SMARTS) is 6. The molecule has 0 amide bonds. The van der Waals surface area contributed by atoms with E-state index in [0.29, 0.717) is 0 Å². The van der Waals surface area contributed by atoms with E-state index in [9.17, 15) is 59.4 Å². The van der Waals surface area contributed by atoms with Crippen molar-refractivity contribution < 1.29 is 59.4 Å². The van der Waals surface area contributed by atoms with Gasteiger partial charge in [-0.25, -0.2) is 0 Å².